The number of rotatable bonds is 4. The first-order valence-electron chi connectivity index (χ1n) is 10.2. The van der Waals surface area contributed by atoms with E-state index in [9.17, 15) is 13.2 Å². The Hall–Kier alpha value is -1.40. The number of amides is 1. The first-order valence-corrected chi connectivity index (χ1v) is 11.6. The molecule has 0 aromatic heterocycles. The van der Waals surface area contributed by atoms with Gasteiger partial charge >= 0.3 is 0 Å². The summed E-state index contributed by atoms with van der Waals surface area (Å²) in [6.07, 6.45) is 4.64. The molecule has 1 N–H and O–H groups in total. The third-order valence-corrected chi connectivity index (χ3v) is 8.43. The summed E-state index contributed by atoms with van der Waals surface area (Å²) in [5, 5.41) is 3.25. The molecule has 3 rings (SSSR count). The van der Waals surface area contributed by atoms with E-state index in [0.717, 1.165) is 12.0 Å². The number of hydrogen-bond acceptors (Lipinski definition) is 3. The Balaban J connectivity index is 1.56. The monoisotopic (exact) mass is 392 g/mol. The maximum absolute atomic E-state index is 12.8. The fraction of sp³-hybridized carbons (Fsp3) is 0.667. The Morgan fingerprint density at radius 1 is 1.04 bits per heavy atom. The van der Waals surface area contributed by atoms with Gasteiger partial charge < -0.3 is 5.32 Å². The predicted molar refractivity (Wildman–Crippen MR) is 107 cm³/mol. The molecule has 3 unspecified atom stereocenters. The normalized spacial score (nSPS) is 28.0. The lowest BCUT2D eigenvalue weighted by Gasteiger charge is -2.36. The molecule has 3 atom stereocenters. The van der Waals surface area contributed by atoms with E-state index >= 15 is 0 Å². The second kappa shape index (κ2) is 8.31. The fourth-order valence-electron chi connectivity index (χ4n) is 4.30. The van der Waals surface area contributed by atoms with Crippen molar-refractivity contribution in [1.82, 2.24) is 9.62 Å². The number of hydrogen-bond donors (Lipinski definition) is 1. The number of piperidine rings is 1. The number of nitrogens with zero attached hydrogens (tertiary/aromatic N) is 1. The molecule has 1 saturated carbocycles. The molecule has 0 bridgehead atoms. The first-order chi connectivity index (χ1) is 12.8. The van der Waals surface area contributed by atoms with E-state index in [2.05, 4.69) is 19.2 Å². The molecule has 0 spiro atoms. The molecule has 2 aliphatic rings. The molecule has 1 amide bonds. The van der Waals surface area contributed by atoms with Gasteiger partial charge in [0.2, 0.25) is 15.9 Å². The minimum absolute atomic E-state index is 0.0844. The number of carbonyl (C=O) groups is 1. The molecule has 1 aliphatic carbocycles. The van der Waals surface area contributed by atoms with Crippen molar-refractivity contribution in [2.45, 2.75) is 63.8 Å². The van der Waals surface area contributed by atoms with Gasteiger partial charge in [0.1, 0.15) is 0 Å². The van der Waals surface area contributed by atoms with Crippen molar-refractivity contribution < 1.29 is 13.2 Å². The zero-order chi connectivity index (χ0) is 19.6. The Morgan fingerprint density at radius 2 is 1.67 bits per heavy atom. The molecule has 27 heavy (non-hydrogen) atoms. The molecule has 1 aromatic rings. The lowest BCUT2D eigenvalue weighted by molar-refractivity contribution is -0.127. The lowest BCUT2D eigenvalue weighted by atomic mass is 9.78. The standard InChI is InChI=1S/C21H32N2O3S/c1-15-7-9-19(10-8-15)27(25,26)23-13-11-18(12-14-23)21(24)22-20-6-4-5-16(2)17(20)3/h7-10,16-18,20H,4-6,11-14H2,1-3H3,(H,22,24). The Kier molecular flexibility index (Phi) is 6.26. The minimum atomic E-state index is -3.47. The van der Waals surface area contributed by atoms with Crippen LogP contribution < -0.4 is 5.32 Å². The molecule has 1 heterocycles. The van der Waals surface area contributed by atoms with Crippen molar-refractivity contribution in [2.24, 2.45) is 17.8 Å². The number of benzene rings is 1. The SMILES string of the molecule is Cc1ccc(S(=O)(=O)N2CCC(C(=O)NC3CCCC(C)C3C)CC2)cc1. The zero-order valence-corrected chi connectivity index (χ0v) is 17.5. The maximum Gasteiger partial charge on any atom is 0.243 e. The number of carbonyl (C=O) groups excluding carboxylic acids is 1. The van der Waals surface area contributed by atoms with E-state index in [1.165, 1.54) is 17.1 Å². The highest BCUT2D eigenvalue weighted by Gasteiger charge is 2.34. The van der Waals surface area contributed by atoms with Gasteiger partial charge in [-0.05, 0) is 50.2 Å². The Bertz CT molecular complexity index is 752. The van der Waals surface area contributed by atoms with Gasteiger partial charge in [-0.2, -0.15) is 4.31 Å². The third-order valence-electron chi connectivity index (χ3n) is 6.52. The molecule has 0 radical (unpaired) electrons. The average molecular weight is 393 g/mol. The smallest absolute Gasteiger partial charge is 0.243 e. The molecular formula is C21H32N2O3S. The molecule has 1 aromatic carbocycles. The van der Waals surface area contributed by atoms with Gasteiger partial charge in [-0.15, -0.1) is 0 Å². The van der Waals surface area contributed by atoms with E-state index in [-0.39, 0.29) is 17.9 Å². The summed E-state index contributed by atoms with van der Waals surface area (Å²) in [5.41, 5.74) is 1.04. The number of sulfonamides is 1. The summed E-state index contributed by atoms with van der Waals surface area (Å²) in [6, 6.07) is 7.22. The largest absolute Gasteiger partial charge is 0.353 e. The minimum Gasteiger partial charge on any atom is -0.353 e. The van der Waals surface area contributed by atoms with Gasteiger partial charge in [0.05, 0.1) is 4.90 Å². The van der Waals surface area contributed by atoms with Crippen molar-refractivity contribution in [3.8, 4) is 0 Å². The van der Waals surface area contributed by atoms with Crippen molar-refractivity contribution in [3.63, 3.8) is 0 Å². The number of aryl methyl sites for hydroxylation is 1. The van der Waals surface area contributed by atoms with Gasteiger partial charge in [-0.1, -0.05) is 44.4 Å². The van der Waals surface area contributed by atoms with E-state index < -0.39 is 10.0 Å². The fourth-order valence-corrected chi connectivity index (χ4v) is 5.77. The van der Waals surface area contributed by atoms with Crippen LogP contribution in [0.2, 0.25) is 0 Å². The lowest BCUT2D eigenvalue weighted by Crippen LogP contribution is -2.48. The maximum atomic E-state index is 12.8. The van der Waals surface area contributed by atoms with E-state index in [0.29, 0.717) is 42.7 Å². The third kappa shape index (κ3) is 4.54. The van der Waals surface area contributed by atoms with Crippen LogP contribution in [0.1, 0.15) is 51.5 Å². The molecule has 5 nitrogen and oxygen atoms in total. The number of nitrogens with one attached hydrogen (secondary N) is 1. The first kappa shape index (κ1) is 20.3. The van der Waals surface area contributed by atoms with Gasteiger partial charge in [-0.3, -0.25) is 4.79 Å². The van der Waals surface area contributed by atoms with Crippen LogP contribution in [0.25, 0.3) is 0 Å². The molecule has 1 saturated heterocycles. The highest BCUT2D eigenvalue weighted by atomic mass is 32.2. The van der Waals surface area contributed by atoms with E-state index in [4.69, 9.17) is 0 Å². The quantitative estimate of drug-likeness (QED) is 0.855. The van der Waals surface area contributed by atoms with Gasteiger partial charge in [-0.25, -0.2) is 8.42 Å². The highest BCUT2D eigenvalue weighted by Crippen LogP contribution is 2.30. The van der Waals surface area contributed by atoms with Gasteiger partial charge in [0.25, 0.3) is 0 Å². The van der Waals surface area contributed by atoms with E-state index in [1.54, 1.807) is 12.1 Å². The molecule has 150 valence electrons. The van der Waals surface area contributed by atoms with Crippen molar-refractivity contribution in [2.75, 3.05) is 13.1 Å². The summed E-state index contributed by atoms with van der Waals surface area (Å²) in [6.45, 7) is 7.24. The summed E-state index contributed by atoms with van der Waals surface area (Å²) in [7, 11) is -3.47. The summed E-state index contributed by atoms with van der Waals surface area (Å²) in [4.78, 5) is 13.0. The predicted octanol–water partition coefficient (Wildman–Crippen LogP) is 3.34. The van der Waals surface area contributed by atoms with Crippen LogP contribution >= 0.6 is 0 Å². The molecular weight excluding hydrogens is 360 g/mol. The van der Waals surface area contributed by atoms with Crippen LogP contribution in [0, 0.1) is 24.7 Å². The average Bonchev–Trinajstić information content (AvgIpc) is 2.66. The Morgan fingerprint density at radius 3 is 2.30 bits per heavy atom. The van der Waals surface area contributed by atoms with Crippen LogP contribution in [0.5, 0.6) is 0 Å². The van der Waals surface area contributed by atoms with E-state index in [1.807, 2.05) is 19.1 Å². The summed E-state index contributed by atoms with van der Waals surface area (Å²) in [5.74, 6) is 1.17. The van der Waals surface area contributed by atoms with Crippen molar-refractivity contribution >= 4 is 15.9 Å². The van der Waals surface area contributed by atoms with Crippen LogP contribution in [0.4, 0.5) is 0 Å². The van der Waals surface area contributed by atoms with Crippen molar-refractivity contribution in [3.05, 3.63) is 29.8 Å². The zero-order valence-electron chi connectivity index (χ0n) is 16.6. The van der Waals surface area contributed by atoms with Crippen LogP contribution in [-0.4, -0.2) is 37.8 Å². The van der Waals surface area contributed by atoms with Crippen LogP contribution in [0.3, 0.4) is 0 Å². The second-order valence-electron chi connectivity index (χ2n) is 8.37. The molecule has 1 aliphatic heterocycles. The van der Waals surface area contributed by atoms with Crippen LogP contribution in [-0.2, 0) is 14.8 Å². The van der Waals surface area contributed by atoms with Gasteiger partial charge in [0, 0.05) is 25.0 Å². The van der Waals surface area contributed by atoms with Crippen molar-refractivity contribution in [1.29, 1.82) is 0 Å². The van der Waals surface area contributed by atoms with Gasteiger partial charge in [0.15, 0.2) is 0 Å². The highest BCUT2D eigenvalue weighted by molar-refractivity contribution is 7.89. The Labute approximate surface area is 163 Å². The summed E-state index contributed by atoms with van der Waals surface area (Å²) < 4.78 is 27.1. The van der Waals surface area contributed by atoms with Crippen LogP contribution in [0.15, 0.2) is 29.2 Å². The molecule has 2 fully saturated rings. The molecule has 6 heteroatoms. The topological polar surface area (TPSA) is 66.5 Å². The summed E-state index contributed by atoms with van der Waals surface area (Å²) >= 11 is 0. The second-order valence-corrected chi connectivity index (χ2v) is 10.3.